The number of carboxylic acids is 1. The smallest absolute Gasteiger partial charge is 0.337 e. The minimum absolute atomic E-state index is 0.0714. The highest BCUT2D eigenvalue weighted by atomic mass is 35.5. The maximum Gasteiger partial charge on any atom is 0.337 e. The van der Waals surface area contributed by atoms with Gasteiger partial charge in [-0.1, -0.05) is 47.5 Å². The van der Waals surface area contributed by atoms with Crippen molar-refractivity contribution in [3.05, 3.63) is 186 Å². The SMILES string of the molecule is Fc1ccc([C@@H]2NCCc3sc(Cl)cc32)cc1.O=C(O)c1ccc2nccn2c1.O=C(c1ccc2nccn2c1)N1CCc2sc(Cl)cc2[C@@H]1c1ccc(F)cc1. The number of aromatic carboxylic acids is 1. The van der Waals surface area contributed by atoms with Gasteiger partial charge in [0.1, 0.15) is 22.9 Å². The van der Waals surface area contributed by atoms with Crippen LogP contribution >= 0.6 is 45.9 Å². The lowest BCUT2D eigenvalue weighted by molar-refractivity contribution is 0.0687. The van der Waals surface area contributed by atoms with E-state index < -0.39 is 5.97 Å². The highest BCUT2D eigenvalue weighted by molar-refractivity contribution is 7.16. The number of hydrogen-bond donors (Lipinski definition) is 2. The molecule has 0 radical (unpaired) electrons. The molecular formula is C42H32Cl2F2N6O3S2. The lowest BCUT2D eigenvalue weighted by Crippen LogP contribution is -2.40. The molecule has 57 heavy (non-hydrogen) atoms. The zero-order valence-corrected chi connectivity index (χ0v) is 33.0. The number of nitrogens with one attached hydrogen (secondary N) is 1. The van der Waals surface area contributed by atoms with Crippen LogP contribution < -0.4 is 5.32 Å². The van der Waals surface area contributed by atoms with E-state index in [9.17, 15) is 18.4 Å². The van der Waals surface area contributed by atoms with Gasteiger partial charge in [0.05, 0.1) is 31.9 Å². The van der Waals surface area contributed by atoms with E-state index in [0.29, 0.717) is 16.4 Å². The molecule has 2 aromatic carbocycles. The zero-order valence-electron chi connectivity index (χ0n) is 29.9. The fourth-order valence-corrected chi connectivity index (χ4v) is 9.69. The molecule has 0 unspecified atom stereocenters. The second-order valence-corrected chi connectivity index (χ2v) is 16.8. The Morgan fingerprint density at radius 3 is 1.88 bits per heavy atom. The molecule has 0 saturated carbocycles. The number of amides is 1. The number of benzene rings is 2. The third-order valence-electron chi connectivity index (χ3n) is 9.74. The molecule has 15 heteroatoms. The molecule has 0 spiro atoms. The number of nitrogens with zero attached hydrogens (tertiary/aromatic N) is 5. The lowest BCUT2D eigenvalue weighted by atomic mass is 9.92. The Balaban J connectivity index is 0.000000133. The first-order chi connectivity index (χ1) is 27.6. The van der Waals surface area contributed by atoms with Gasteiger partial charge in [-0.05, 0) is 95.8 Å². The topological polar surface area (TPSA) is 104 Å². The number of hydrogen-bond acceptors (Lipinski definition) is 7. The fraction of sp³-hybridized carbons (Fsp3) is 0.143. The molecule has 2 atom stereocenters. The summed E-state index contributed by atoms with van der Waals surface area (Å²) in [6, 6.07) is 23.6. The molecule has 2 aliphatic rings. The minimum atomic E-state index is -0.925. The van der Waals surface area contributed by atoms with Crippen LogP contribution in [0.5, 0.6) is 0 Å². The first kappa shape index (κ1) is 38.4. The van der Waals surface area contributed by atoms with Gasteiger partial charge in [-0.25, -0.2) is 23.5 Å². The molecule has 6 aromatic heterocycles. The Morgan fingerprint density at radius 2 is 1.26 bits per heavy atom. The Kier molecular flexibility index (Phi) is 11.2. The van der Waals surface area contributed by atoms with E-state index in [2.05, 4.69) is 15.3 Å². The van der Waals surface area contributed by atoms with Gasteiger partial charge in [-0.15, -0.1) is 22.7 Å². The van der Waals surface area contributed by atoms with Crippen molar-refractivity contribution in [3.8, 4) is 0 Å². The Labute approximate surface area is 343 Å². The van der Waals surface area contributed by atoms with Crippen molar-refractivity contribution >= 4 is 69.0 Å². The van der Waals surface area contributed by atoms with Crippen molar-refractivity contribution in [1.29, 1.82) is 0 Å². The van der Waals surface area contributed by atoms with Crippen molar-refractivity contribution in [2.75, 3.05) is 13.1 Å². The molecule has 0 fully saturated rings. The van der Waals surface area contributed by atoms with Crippen LogP contribution in [0.15, 0.2) is 122 Å². The lowest BCUT2D eigenvalue weighted by Gasteiger charge is -2.36. The summed E-state index contributed by atoms with van der Waals surface area (Å²) < 4.78 is 31.4. The molecule has 1 amide bonds. The third kappa shape index (κ3) is 8.34. The predicted molar refractivity (Wildman–Crippen MR) is 219 cm³/mol. The number of carboxylic acid groups (broad SMARTS) is 1. The number of halogens is 4. The first-order valence-electron chi connectivity index (χ1n) is 17.8. The molecule has 0 saturated heterocycles. The number of rotatable bonds is 4. The van der Waals surface area contributed by atoms with E-state index in [-0.39, 0.29) is 35.2 Å². The van der Waals surface area contributed by atoms with Gasteiger partial charge in [0.25, 0.3) is 5.91 Å². The van der Waals surface area contributed by atoms with Crippen LogP contribution in [0.25, 0.3) is 11.3 Å². The van der Waals surface area contributed by atoms with Crippen molar-refractivity contribution in [2.24, 2.45) is 0 Å². The maximum absolute atomic E-state index is 13.5. The molecule has 0 aliphatic carbocycles. The van der Waals surface area contributed by atoms with Crippen molar-refractivity contribution < 1.29 is 23.5 Å². The summed E-state index contributed by atoms with van der Waals surface area (Å²) >= 11 is 15.5. The van der Waals surface area contributed by atoms with Crippen LogP contribution in [-0.4, -0.2) is 53.7 Å². The molecule has 288 valence electrons. The van der Waals surface area contributed by atoms with Gasteiger partial charge in [-0.2, -0.15) is 0 Å². The van der Waals surface area contributed by atoms with Gasteiger partial charge in [0, 0.05) is 60.0 Å². The number of aromatic nitrogens is 4. The van der Waals surface area contributed by atoms with E-state index >= 15 is 0 Å². The minimum Gasteiger partial charge on any atom is -0.478 e. The second kappa shape index (κ2) is 16.6. The number of thiophene rings is 2. The Bertz CT molecular complexity index is 2710. The zero-order chi connectivity index (χ0) is 39.6. The van der Waals surface area contributed by atoms with E-state index in [1.165, 1.54) is 51.8 Å². The third-order valence-corrected chi connectivity index (χ3v) is 12.4. The van der Waals surface area contributed by atoms with Crippen LogP contribution in [0.1, 0.15) is 64.8 Å². The number of imidazole rings is 2. The standard InChI is InChI=1S/C21H15ClFN3OS.C13H11ClFNS.C8H6N2O2/c22-18-11-16-17(28-18)7-9-26(20(16)13-1-4-15(23)5-2-13)21(27)14-3-6-19-24-8-10-25(19)12-14;14-12-7-10-11(17-12)5-6-16-13(10)8-1-3-9(15)4-2-8;11-8(12)6-1-2-7-9-3-4-10(7)5-6/h1-6,8,10-12,20H,7,9H2;1-4,7,13,16H,5-6H2;1-5H,(H,11,12)/t20-;13-;/m00./s1. The molecule has 0 bridgehead atoms. The van der Waals surface area contributed by atoms with E-state index in [1.54, 1.807) is 76.1 Å². The van der Waals surface area contributed by atoms with E-state index in [1.807, 2.05) is 45.8 Å². The second-order valence-electron chi connectivity index (χ2n) is 13.3. The molecule has 10 rings (SSSR count). The summed E-state index contributed by atoms with van der Waals surface area (Å²) in [6.45, 7) is 1.51. The van der Waals surface area contributed by atoms with Gasteiger partial charge in [-0.3, -0.25) is 4.79 Å². The molecule has 9 nitrogen and oxygen atoms in total. The predicted octanol–water partition coefficient (Wildman–Crippen LogP) is 9.78. The number of pyridine rings is 2. The van der Waals surface area contributed by atoms with Crippen molar-refractivity contribution in [3.63, 3.8) is 0 Å². The van der Waals surface area contributed by atoms with Gasteiger partial charge in [0.15, 0.2) is 0 Å². The summed E-state index contributed by atoms with van der Waals surface area (Å²) in [5, 5.41) is 12.1. The monoisotopic (exact) mass is 840 g/mol. The molecule has 2 N–H and O–H groups in total. The van der Waals surface area contributed by atoms with Crippen LogP contribution in [0.2, 0.25) is 8.67 Å². The maximum atomic E-state index is 13.5. The highest BCUT2D eigenvalue weighted by Crippen LogP contribution is 2.42. The van der Waals surface area contributed by atoms with Gasteiger partial charge >= 0.3 is 5.97 Å². The van der Waals surface area contributed by atoms with E-state index in [0.717, 1.165) is 51.7 Å². The quantitative estimate of drug-likeness (QED) is 0.183. The average molecular weight is 842 g/mol. The summed E-state index contributed by atoms with van der Waals surface area (Å²) in [7, 11) is 0. The largest absolute Gasteiger partial charge is 0.478 e. The summed E-state index contributed by atoms with van der Waals surface area (Å²) in [5.41, 5.74) is 6.60. The average Bonchev–Trinajstić information content (AvgIpc) is 4.03. The van der Waals surface area contributed by atoms with Crippen molar-refractivity contribution in [1.82, 2.24) is 29.0 Å². The Morgan fingerprint density at radius 1 is 0.719 bits per heavy atom. The fourth-order valence-electron chi connectivity index (χ4n) is 7.08. The first-order valence-corrected chi connectivity index (χ1v) is 20.2. The van der Waals surface area contributed by atoms with Crippen LogP contribution in [-0.2, 0) is 12.8 Å². The van der Waals surface area contributed by atoms with E-state index in [4.69, 9.17) is 28.3 Å². The number of carbonyl (C=O) groups excluding carboxylic acids is 1. The van der Waals surface area contributed by atoms with Gasteiger partial charge in [0.2, 0.25) is 0 Å². The molecular weight excluding hydrogens is 810 g/mol. The van der Waals surface area contributed by atoms with Crippen LogP contribution in [0.3, 0.4) is 0 Å². The molecule has 2 aliphatic heterocycles. The van der Waals surface area contributed by atoms with Gasteiger partial charge < -0.3 is 24.1 Å². The normalized spacial score (nSPS) is 15.9. The van der Waals surface area contributed by atoms with Crippen molar-refractivity contribution in [2.45, 2.75) is 24.9 Å². The summed E-state index contributed by atoms with van der Waals surface area (Å²) in [5.74, 6) is -1.50. The van der Waals surface area contributed by atoms with Crippen LogP contribution in [0.4, 0.5) is 8.78 Å². The Hall–Kier alpha value is -5.44. The molecule has 8 aromatic rings. The van der Waals surface area contributed by atoms with Crippen LogP contribution in [0, 0.1) is 11.6 Å². The summed E-state index contributed by atoms with van der Waals surface area (Å²) in [4.78, 5) is 36.5. The highest BCUT2D eigenvalue weighted by Gasteiger charge is 2.34. The summed E-state index contributed by atoms with van der Waals surface area (Å²) in [6.07, 6.45) is 12.0. The number of carbonyl (C=O) groups is 2. The molecule has 8 heterocycles. The number of fused-ring (bicyclic) bond motifs is 4.